The lowest BCUT2D eigenvalue weighted by molar-refractivity contribution is -0.122. The Morgan fingerprint density at radius 1 is 1.14 bits per heavy atom. The molecule has 0 aliphatic heterocycles. The number of nitrogens with one attached hydrogen (secondary N) is 1. The van der Waals surface area contributed by atoms with Crippen molar-refractivity contribution in [2.75, 3.05) is 0 Å². The Balaban J connectivity index is 2.02. The van der Waals surface area contributed by atoms with Crippen LogP contribution in [0.3, 0.4) is 0 Å². The molecule has 0 radical (unpaired) electrons. The van der Waals surface area contributed by atoms with Crippen molar-refractivity contribution in [3.05, 3.63) is 36.0 Å². The zero-order valence-corrected chi connectivity index (χ0v) is 11.7. The summed E-state index contributed by atoms with van der Waals surface area (Å²) in [4.78, 5) is 26.0. The zero-order valence-electron chi connectivity index (χ0n) is 11.7. The number of benzene rings is 1. The average molecular weight is 288 g/mol. The van der Waals surface area contributed by atoms with Gasteiger partial charge in [-0.25, -0.2) is 0 Å². The summed E-state index contributed by atoms with van der Waals surface area (Å²) in [7, 11) is 0. The van der Waals surface area contributed by atoms with Crippen LogP contribution >= 0.6 is 0 Å². The molecule has 0 saturated heterocycles. The van der Waals surface area contributed by atoms with Crippen LogP contribution in [0, 0.1) is 0 Å². The van der Waals surface area contributed by atoms with Gasteiger partial charge >= 0.3 is 0 Å². The predicted molar refractivity (Wildman–Crippen MR) is 81.4 cm³/mol. The van der Waals surface area contributed by atoms with E-state index in [0.717, 1.165) is 16.5 Å². The quantitative estimate of drug-likeness (QED) is 0.580. The SMILES string of the molecule is NC(=O)CC[C@H](N)C(=O)C(N)Cc1c[nH]c2ccccc12. The first-order chi connectivity index (χ1) is 9.99. The third-order valence-corrected chi connectivity index (χ3v) is 3.55. The van der Waals surface area contributed by atoms with Crippen LogP contribution in [0.25, 0.3) is 10.9 Å². The molecule has 2 atom stereocenters. The van der Waals surface area contributed by atoms with Gasteiger partial charge in [-0.1, -0.05) is 18.2 Å². The number of hydrogen-bond acceptors (Lipinski definition) is 4. The fourth-order valence-corrected chi connectivity index (χ4v) is 2.35. The summed E-state index contributed by atoms with van der Waals surface area (Å²) in [5.74, 6) is -0.718. The second-order valence-electron chi connectivity index (χ2n) is 5.18. The van der Waals surface area contributed by atoms with E-state index in [-0.39, 0.29) is 18.6 Å². The number of carbonyl (C=O) groups is 2. The molecule has 7 N–H and O–H groups in total. The summed E-state index contributed by atoms with van der Waals surface area (Å²) < 4.78 is 0. The van der Waals surface area contributed by atoms with Crippen LogP contribution in [0.5, 0.6) is 0 Å². The molecule has 1 unspecified atom stereocenters. The largest absolute Gasteiger partial charge is 0.370 e. The van der Waals surface area contributed by atoms with Crippen LogP contribution in [0.15, 0.2) is 30.5 Å². The van der Waals surface area contributed by atoms with Crippen LogP contribution in [0.2, 0.25) is 0 Å². The van der Waals surface area contributed by atoms with E-state index >= 15 is 0 Å². The van der Waals surface area contributed by atoms with Crippen molar-refractivity contribution in [1.29, 1.82) is 0 Å². The van der Waals surface area contributed by atoms with E-state index in [2.05, 4.69) is 4.98 Å². The molecule has 0 aliphatic carbocycles. The number of aromatic amines is 1. The molecular weight excluding hydrogens is 268 g/mol. The topological polar surface area (TPSA) is 128 Å². The summed E-state index contributed by atoms with van der Waals surface area (Å²) >= 11 is 0. The zero-order chi connectivity index (χ0) is 15.4. The van der Waals surface area contributed by atoms with Gasteiger partial charge in [0, 0.05) is 23.5 Å². The van der Waals surface area contributed by atoms with Gasteiger partial charge in [0.05, 0.1) is 12.1 Å². The lowest BCUT2D eigenvalue weighted by atomic mass is 9.96. The number of Topliss-reactive ketones (excluding diaryl/α,β-unsaturated/α-hetero) is 1. The average Bonchev–Trinajstić information content (AvgIpc) is 2.87. The van der Waals surface area contributed by atoms with Crippen LogP contribution in [-0.2, 0) is 16.0 Å². The van der Waals surface area contributed by atoms with E-state index < -0.39 is 18.0 Å². The first-order valence-electron chi connectivity index (χ1n) is 6.87. The molecule has 1 heterocycles. The third-order valence-electron chi connectivity index (χ3n) is 3.55. The number of primary amides is 1. The number of ketones is 1. The highest BCUT2D eigenvalue weighted by atomic mass is 16.1. The minimum absolute atomic E-state index is 0.0900. The van der Waals surface area contributed by atoms with Crippen molar-refractivity contribution in [2.45, 2.75) is 31.3 Å². The number of rotatable bonds is 7. The van der Waals surface area contributed by atoms with Crippen molar-refractivity contribution in [2.24, 2.45) is 17.2 Å². The van der Waals surface area contributed by atoms with Crippen molar-refractivity contribution < 1.29 is 9.59 Å². The van der Waals surface area contributed by atoms with Gasteiger partial charge in [0.2, 0.25) is 5.91 Å². The molecule has 112 valence electrons. The lowest BCUT2D eigenvalue weighted by Crippen LogP contribution is -2.44. The first kappa shape index (κ1) is 15.2. The van der Waals surface area contributed by atoms with Gasteiger partial charge in [0.25, 0.3) is 0 Å². The van der Waals surface area contributed by atoms with Crippen LogP contribution in [0.4, 0.5) is 0 Å². The lowest BCUT2D eigenvalue weighted by Gasteiger charge is -2.15. The van der Waals surface area contributed by atoms with Crippen molar-refractivity contribution in [3.8, 4) is 0 Å². The fourth-order valence-electron chi connectivity index (χ4n) is 2.35. The standard InChI is InChI=1S/C15H20N4O2/c16-11(5-6-14(18)20)15(21)12(17)7-9-8-19-13-4-2-1-3-10(9)13/h1-4,8,11-12,19H,5-7,16-17H2,(H2,18,20)/t11-,12?/m0/s1. The maximum Gasteiger partial charge on any atom is 0.217 e. The number of hydrogen-bond donors (Lipinski definition) is 4. The Kier molecular flexibility index (Phi) is 4.72. The second kappa shape index (κ2) is 6.51. The van der Waals surface area contributed by atoms with Crippen LogP contribution in [-0.4, -0.2) is 28.8 Å². The molecule has 1 aromatic heterocycles. The molecule has 0 bridgehead atoms. The Hall–Kier alpha value is -2.18. The maximum atomic E-state index is 12.1. The molecule has 0 fully saturated rings. The minimum Gasteiger partial charge on any atom is -0.370 e. The van der Waals surface area contributed by atoms with E-state index in [0.29, 0.717) is 6.42 Å². The number of amides is 1. The molecular formula is C15H20N4O2. The summed E-state index contributed by atoms with van der Waals surface area (Å²) in [5.41, 5.74) is 18.7. The molecule has 6 heteroatoms. The Labute approximate surface area is 122 Å². The highest BCUT2D eigenvalue weighted by Crippen LogP contribution is 2.19. The predicted octanol–water partition coefficient (Wildman–Crippen LogP) is 0.200. The maximum absolute atomic E-state index is 12.1. The Morgan fingerprint density at radius 2 is 1.86 bits per heavy atom. The van der Waals surface area contributed by atoms with Gasteiger partial charge in [0.1, 0.15) is 0 Å². The molecule has 0 aliphatic rings. The molecule has 0 saturated carbocycles. The van der Waals surface area contributed by atoms with Gasteiger partial charge in [-0.05, 0) is 24.5 Å². The number of carbonyl (C=O) groups excluding carboxylic acids is 2. The summed E-state index contributed by atoms with van der Waals surface area (Å²) in [6.45, 7) is 0. The van der Waals surface area contributed by atoms with E-state index in [1.807, 2.05) is 30.5 Å². The summed E-state index contributed by atoms with van der Waals surface area (Å²) in [6.07, 6.45) is 2.59. The fraction of sp³-hybridized carbons (Fsp3) is 0.333. The van der Waals surface area contributed by atoms with E-state index in [9.17, 15) is 9.59 Å². The Bertz CT molecular complexity index is 650. The Morgan fingerprint density at radius 3 is 2.57 bits per heavy atom. The molecule has 1 amide bonds. The molecule has 21 heavy (non-hydrogen) atoms. The number of aromatic nitrogens is 1. The monoisotopic (exact) mass is 288 g/mol. The number of para-hydroxylation sites is 1. The van der Waals surface area contributed by atoms with Gasteiger partial charge in [-0.2, -0.15) is 0 Å². The van der Waals surface area contributed by atoms with Crippen molar-refractivity contribution in [1.82, 2.24) is 4.98 Å². The van der Waals surface area contributed by atoms with Crippen LogP contribution < -0.4 is 17.2 Å². The highest BCUT2D eigenvalue weighted by Gasteiger charge is 2.22. The number of nitrogens with two attached hydrogens (primary N) is 3. The molecule has 6 nitrogen and oxygen atoms in total. The second-order valence-corrected chi connectivity index (χ2v) is 5.18. The van der Waals surface area contributed by atoms with E-state index in [4.69, 9.17) is 17.2 Å². The van der Waals surface area contributed by atoms with Crippen LogP contribution in [0.1, 0.15) is 18.4 Å². The van der Waals surface area contributed by atoms with Gasteiger partial charge in [0.15, 0.2) is 5.78 Å². The van der Waals surface area contributed by atoms with E-state index in [1.54, 1.807) is 0 Å². The summed E-state index contributed by atoms with van der Waals surface area (Å²) in [5, 5.41) is 1.05. The molecule has 2 aromatic rings. The minimum atomic E-state index is -0.752. The molecule has 1 aromatic carbocycles. The smallest absolute Gasteiger partial charge is 0.217 e. The van der Waals surface area contributed by atoms with Crippen molar-refractivity contribution in [3.63, 3.8) is 0 Å². The van der Waals surface area contributed by atoms with Gasteiger partial charge < -0.3 is 22.2 Å². The third kappa shape index (κ3) is 3.68. The summed E-state index contributed by atoms with van der Waals surface area (Å²) in [6, 6.07) is 6.37. The number of fused-ring (bicyclic) bond motifs is 1. The molecule has 2 rings (SSSR count). The number of H-pyrrole nitrogens is 1. The van der Waals surface area contributed by atoms with Gasteiger partial charge in [-0.3, -0.25) is 9.59 Å². The van der Waals surface area contributed by atoms with Crippen molar-refractivity contribution >= 4 is 22.6 Å². The highest BCUT2D eigenvalue weighted by molar-refractivity contribution is 5.90. The van der Waals surface area contributed by atoms with E-state index in [1.165, 1.54) is 0 Å². The first-order valence-corrected chi connectivity index (χ1v) is 6.87. The van der Waals surface area contributed by atoms with Gasteiger partial charge in [-0.15, -0.1) is 0 Å². The normalized spacial score (nSPS) is 14.0. The molecule has 0 spiro atoms.